The lowest BCUT2D eigenvalue weighted by Crippen LogP contribution is -2.48. The van der Waals surface area contributed by atoms with Gasteiger partial charge in [-0.3, -0.25) is 4.79 Å². The third kappa shape index (κ3) is 4.80. The Hall–Kier alpha value is -2.09. The van der Waals surface area contributed by atoms with E-state index in [1.807, 2.05) is 39.0 Å². The molecule has 0 spiro atoms. The number of rotatable bonds is 4. The zero-order valence-electron chi connectivity index (χ0n) is 18.6. The summed E-state index contributed by atoms with van der Waals surface area (Å²) >= 11 is 5.90. The number of nitrogens with one attached hydrogen (secondary N) is 1. The van der Waals surface area contributed by atoms with Crippen LogP contribution in [0.4, 0.5) is 0 Å². The molecule has 0 saturated carbocycles. The third-order valence-electron chi connectivity index (χ3n) is 6.15. The van der Waals surface area contributed by atoms with Crippen LogP contribution in [0.15, 0.2) is 47.4 Å². The topological polar surface area (TPSA) is 75.7 Å². The SMILES string of the molecule is Cc1ccc2c(c1)[C@H](NC(=O)[C@@H]1CCCN(S(=O)(=O)c3ccc(Cl)cc3)C1)CC(C)(C)O2. The van der Waals surface area contributed by atoms with Crippen LogP contribution in [0.2, 0.25) is 5.02 Å². The fraction of sp³-hybridized carbons (Fsp3) is 0.458. The summed E-state index contributed by atoms with van der Waals surface area (Å²) < 4.78 is 33.7. The smallest absolute Gasteiger partial charge is 0.243 e. The molecule has 172 valence electrons. The van der Waals surface area contributed by atoms with Gasteiger partial charge in [0.1, 0.15) is 11.4 Å². The summed E-state index contributed by atoms with van der Waals surface area (Å²) in [7, 11) is -3.68. The fourth-order valence-corrected chi connectivity index (χ4v) is 6.17. The molecule has 0 aliphatic carbocycles. The van der Waals surface area contributed by atoms with Crippen LogP contribution in [-0.2, 0) is 14.8 Å². The number of amides is 1. The molecule has 0 unspecified atom stereocenters. The number of fused-ring (bicyclic) bond motifs is 1. The molecule has 2 aliphatic rings. The lowest BCUT2D eigenvalue weighted by atomic mass is 9.88. The van der Waals surface area contributed by atoms with Gasteiger partial charge in [0, 0.05) is 30.1 Å². The second kappa shape index (κ2) is 8.69. The molecular formula is C24H29ClN2O4S. The van der Waals surface area contributed by atoms with Crippen LogP contribution in [0.5, 0.6) is 5.75 Å². The minimum absolute atomic E-state index is 0.115. The first kappa shape index (κ1) is 23.1. The van der Waals surface area contributed by atoms with Crippen LogP contribution < -0.4 is 10.1 Å². The van der Waals surface area contributed by atoms with Crippen molar-refractivity contribution >= 4 is 27.5 Å². The molecule has 32 heavy (non-hydrogen) atoms. The Morgan fingerprint density at radius 1 is 1.19 bits per heavy atom. The highest BCUT2D eigenvalue weighted by Gasteiger charge is 2.38. The van der Waals surface area contributed by atoms with E-state index in [9.17, 15) is 13.2 Å². The average Bonchev–Trinajstić information content (AvgIpc) is 2.74. The summed E-state index contributed by atoms with van der Waals surface area (Å²) in [4.78, 5) is 13.4. The predicted octanol–water partition coefficient (Wildman–Crippen LogP) is 4.47. The third-order valence-corrected chi connectivity index (χ3v) is 8.28. The minimum atomic E-state index is -3.68. The number of nitrogens with zero attached hydrogens (tertiary/aromatic N) is 1. The van der Waals surface area contributed by atoms with E-state index < -0.39 is 21.5 Å². The maximum absolute atomic E-state index is 13.2. The Balaban J connectivity index is 1.51. The zero-order valence-corrected chi connectivity index (χ0v) is 20.2. The number of carbonyl (C=O) groups excluding carboxylic acids is 1. The van der Waals surface area contributed by atoms with Crippen LogP contribution in [0.25, 0.3) is 0 Å². The van der Waals surface area contributed by atoms with Gasteiger partial charge in [0.25, 0.3) is 0 Å². The summed E-state index contributed by atoms with van der Waals surface area (Å²) in [6.07, 6.45) is 1.94. The summed E-state index contributed by atoms with van der Waals surface area (Å²) in [6, 6.07) is 12.0. The number of ether oxygens (including phenoxy) is 1. The van der Waals surface area contributed by atoms with Crippen molar-refractivity contribution in [3.8, 4) is 5.75 Å². The van der Waals surface area contributed by atoms with Gasteiger partial charge < -0.3 is 10.1 Å². The maximum Gasteiger partial charge on any atom is 0.243 e. The number of sulfonamides is 1. The van der Waals surface area contributed by atoms with Gasteiger partial charge in [0.15, 0.2) is 0 Å². The normalized spacial score (nSPS) is 23.1. The Kier molecular flexibility index (Phi) is 6.27. The van der Waals surface area contributed by atoms with Crippen molar-refractivity contribution in [1.82, 2.24) is 9.62 Å². The van der Waals surface area contributed by atoms with Crippen LogP contribution >= 0.6 is 11.6 Å². The van der Waals surface area contributed by atoms with Gasteiger partial charge in [-0.25, -0.2) is 8.42 Å². The zero-order chi connectivity index (χ0) is 23.1. The number of hydrogen-bond acceptors (Lipinski definition) is 4. The molecule has 6 nitrogen and oxygen atoms in total. The van der Waals surface area contributed by atoms with E-state index in [1.165, 1.54) is 16.4 Å². The predicted molar refractivity (Wildman–Crippen MR) is 124 cm³/mol. The highest BCUT2D eigenvalue weighted by Crippen LogP contribution is 2.40. The summed E-state index contributed by atoms with van der Waals surface area (Å²) in [5.74, 6) is 0.272. The van der Waals surface area contributed by atoms with Gasteiger partial charge in [-0.1, -0.05) is 29.3 Å². The first-order chi connectivity index (χ1) is 15.0. The molecule has 1 fully saturated rings. The van der Waals surface area contributed by atoms with Crippen LogP contribution in [-0.4, -0.2) is 37.3 Å². The van der Waals surface area contributed by atoms with Crippen molar-refractivity contribution in [2.45, 2.75) is 56.6 Å². The number of hydrogen-bond donors (Lipinski definition) is 1. The van der Waals surface area contributed by atoms with Crippen molar-refractivity contribution in [2.24, 2.45) is 5.92 Å². The van der Waals surface area contributed by atoms with Crippen LogP contribution in [0.3, 0.4) is 0 Å². The number of halogens is 1. The largest absolute Gasteiger partial charge is 0.487 e. The molecule has 2 aromatic carbocycles. The van der Waals surface area contributed by atoms with E-state index in [4.69, 9.17) is 16.3 Å². The number of carbonyl (C=O) groups is 1. The van der Waals surface area contributed by atoms with Gasteiger partial charge in [0.05, 0.1) is 16.9 Å². The molecule has 1 saturated heterocycles. The quantitative estimate of drug-likeness (QED) is 0.706. The van der Waals surface area contributed by atoms with E-state index in [-0.39, 0.29) is 23.4 Å². The Labute approximate surface area is 195 Å². The van der Waals surface area contributed by atoms with Crippen molar-refractivity contribution in [3.05, 3.63) is 58.6 Å². The lowest BCUT2D eigenvalue weighted by Gasteiger charge is -2.39. The molecule has 0 bridgehead atoms. The van der Waals surface area contributed by atoms with Crippen molar-refractivity contribution in [1.29, 1.82) is 0 Å². The van der Waals surface area contributed by atoms with Gasteiger partial charge in [-0.2, -0.15) is 4.31 Å². The monoisotopic (exact) mass is 476 g/mol. The molecule has 2 aromatic rings. The van der Waals surface area contributed by atoms with Gasteiger partial charge in [0.2, 0.25) is 15.9 Å². The van der Waals surface area contributed by atoms with Gasteiger partial charge in [-0.05, 0) is 63.9 Å². The number of benzene rings is 2. The second-order valence-corrected chi connectivity index (χ2v) is 11.7. The minimum Gasteiger partial charge on any atom is -0.487 e. The van der Waals surface area contributed by atoms with E-state index in [2.05, 4.69) is 5.32 Å². The maximum atomic E-state index is 13.2. The van der Waals surface area contributed by atoms with E-state index in [0.29, 0.717) is 30.8 Å². The Bertz CT molecular complexity index is 1120. The fourth-order valence-electron chi connectivity index (χ4n) is 4.52. The van der Waals surface area contributed by atoms with E-state index >= 15 is 0 Å². The highest BCUT2D eigenvalue weighted by molar-refractivity contribution is 7.89. The molecule has 8 heteroatoms. The molecule has 0 radical (unpaired) electrons. The molecule has 1 N–H and O–H groups in total. The van der Waals surface area contributed by atoms with Crippen molar-refractivity contribution in [3.63, 3.8) is 0 Å². The van der Waals surface area contributed by atoms with Gasteiger partial charge in [-0.15, -0.1) is 0 Å². The standard InChI is InChI=1S/C24H29ClN2O4S/c1-16-6-11-22-20(13-16)21(14-24(2,3)31-22)26-23(28)17-5-4-12-27(15-17)32(29,30)19-9-7-18(25)8-10-19/h6-11,13,17,21H,4-5,12,14-15H2,1-3H3,(H,26,28)/t17-,21-/m1/s1. The highest BCUT2D eigenvalue weighted by atomic mass is 35.5. The number of aryl methyl sites for hydroxylation is 1. The van der Waals surface area contributed by atoms with Crippen LogP contribution in [0.1, 0.15) is 50.3 Å². The summed E-state index contributed by atoms with van der Waals surface area (Å²) in [5, 5.41) is 3.67. The van der Waals surface area contributed by atoms with Crippen LogP contribution in [0, 0.1) is 12.8 Å². The summed E-state index contributed by atoms with van der Waals surface area (Å²) in [5.41, 5.74) is 1.67. The summed E-state index contributed by atoms with van der Waals surface area (Å²) in [6.45, 7) is 6.61. The molecular weight excluding hydrogens is 448 g/mol. The van der Waals surface area contributed by atoms with E-state index in [0.717, 1.165) is 16.9 Å². The molecule has 1 amide bonds. The number of piperidine rings is 1. The van der Waals surface area contributed by atoms with Crippen molar-refractivity contribution in [2.75, 3.05) is 13.1 Å². The second-order valence-electron chi connectivity index (χ2n) is 9.32. The Morgan fingerprint density at radius 2 is 1.91 bits per heavy atom. The lowest BCUT2D eigenvalue weighted by molar-refractivity contribution is -0.127. The first-order valence-corrected chi connectivity index (χ1v) is 12.7. The van der Waals surface area contributed by atoms with Crippen molar-refractivity contribution < 1.29 is 17.9 Å². The van der Waals surface area contributed by atoms with Gasteiger partial charge >= 0.3 is 0 Å². The molecule has 4 rings (SSSR count). The first-order valence-electron chi connectivity index (χ1n) is 10.9. The molecule has 2 atom stereocenters. The molecule has 2 aliphatic heterocycles. The average molecular weight is 477 g/mol. The molecule has 0 aromatic heterocycles. The Morgan fingerprint density at radius 3 is 2.62 bits per heavy atom. The van der Waals surface area contributed by atoms with E-state index in [1.54, 1.807) is 12.1 Å². The molecule has 2 heterocycles.